The van der Waals surface area contributed by atoms with E-state index in [-0.39, 0.29) is 0 Å². The SMILES string of the molecule is CC1CC(NC2CCCc3sccc32)C1. The number of thiophene rings is 1. The highest BCUT2D eigenvalue weighted by atomic mass is 32.1. The van der Waals surface area contributed by atoms with Gasteiger partial charge in [-0.05, 0) is 55.0 Å². The van der Waals surface area contributed by atoms with Crippen LogP contribution in [0.5, 0.6) is 0 Å². The predicted octanol–water partition coefficient (Wildman–Crippen LogP) is 3.51. The van der Waals surface area contributed by atoms with E-state index in [1.807, 2.05) is 11.3 Å². The van der Waals surface area contributed by atoms with Crippen molar-refractivity contribution < 1.29 is 0 Å². The van der Waals surface area contributed by atoms with Gasteiger partial charge in [0.15, 0.2) is 0 Å². The maximum absolute atomic E-state index is 3.83. The average Bonchev–Trinajstić information content (AvgIpc) is 2.64. The summed E-state index contributed by atoms with van der Waals surface area (Å²) in [6.07, 6.45) is 6.79. The van der Waals surface area contributed by atoms with Crippen molar-refractivity contribution >= 4 is 11.3 Å². The molecular weight excluding hydrogens is 202 g/mol. The molecule has 0 spiro atoms. The highest BCUT2D eigenvalue weighted by Gasteiger charge is 2.29. The van der Waals surface area contributed by atoms with E-state index in [9.17, 15) is 0 Å². The van der Waals surface area contributed by atoms with E-state index < -0.39 is 0 Å². The van der Waals surface area contributed by atoms with Crippen LogP contribution in [0.2, 0.25) is 0 Å². The smallest absolute Gasteiger partial charge is 0.0333 e. The Morgan fingerprint density at radius 3 is 3.07 bits per heavy atom. The van der Waals surface area contributed by atoms with Crippen LogP contribution in [0, 0.1) is 5.92 Å². The first-order chi connectivity index (χ1) is 7.33. The number of aryl methyl sites for hydroxylation is 1. The van der Waals surface area contributed by atoms with Gasteiger partial charge in [-0.15, -0.1) is 11.3 Å². The Hall–Kier alpha value is -0.340. The number of nitrogens with one attached hydrogen (secondary N) is 1. The molecule has 2 heteroatoms. The molecule has 1 unspecified atom stereocenters. The van der Waals surface area contributed by atoms with Crippen molar-refractivity contribution in [2.24, 2.45) is 5.92 Å². The summed E-state index contributed by atoms with van der Waals surface area (Å²) in [7, 11) is 0. The summed E-state index contributed by atoms with van der Waals surface area (Å²) in [5, 5.41) is 6.09. The van der Waals surface area contributed by atoms with Gasteiger partial charge in [-0.25, -0.2) is 0 Å². The number of fused-ring (bicyclic) bond motifs is 1. The quantitative estimate of drug-likeness (QED) is 0.806. The molecule has 0 bridgehead atoms. The van der Waals surface area contributed by atoms with Crippen molar-refractivity contribution in [1.29, 1.82) is 0 Å². The number of hydrogen-bond donors (Lipinski definition) is 1. The summed E-state index contributed by atoms with van der Waals surface area (Å²) in [4.78, 5) is 1.63. The van der Waals surface area contributed by atoms with E-state index >= 15 is 0 Å². The van der Waals surface area contributed by atoms with Gasteiger partial charge < -0.3 is 5.32 Å². The molecule has 1 aromatic rings. The first-order valence-corrected chi connectivity index (χ1v) is 7.03. The molecule has 15 heavy (non-hydrogen) atoms. The third-order valence-corrected chi connectivity index (χ3v) is 4.86. The van der Waals surface area contributed by atoms with Gasteiger partial charge in [0.1, 0.15) is 0 Å². The summed E-state index contributed by atoms with van der Waals surface area (Å²) in [5.41, 5.74) is 1.60. The van der Waals surface area contributed by atoms with Gasteiger partial charge in [-0.3, -0.25) is 0 Å². The first-order valence-electron chi connectivity index (χ1n) is 6.15. The molecular formula is C13H19NS. The first kappa shape index (κ1) is 9.86. The summed E-state index contributed by atoms with van der Waals surface area (Å²) < 4.78 is 0. The van der Waals surface area contributed by atoms with Crippen LogP contribution in [0.3, 0.4) is 0 Å². The van der Waals surface area contributed by atoms with Crippen molar-refractivity contribution in [2.75, 3.05) is 0 Å². The molecule has 0 aromatic carbocycles. The van der Waals surface area contributed by atoms with Gasteiger partial charge in [0.05, 0.1) is 0 Å². The molecule has 1 heterocycles. The van der Waals surface area contributed by atoms with E-state index in [4.69, 9.17) is 0 Å². The van der Waals surface area contributed by atoms with Crippen molar-refractivity contribution in [3.8, 4) is 0 Å². The molecule has 1 saturated carbocycles. The second-order valence-electron chi connectivity index (χ2n) is 5.18. The van der Waals surface area contributed by atoms with Gasteiger partial charge >= 0.3 is 0 Å². The lowest BCUT2D eigenvalue weighted by molar-refractivity contribution is 0.216. The van der Waals surface area contributed by atoms with Gasteiger partial charge in [-0.2, -0.15) is 0 Å². The van der Waals surface area contributed by atoms with Gasteiger partial charge in [-0.1, -0.05) is 6.92 Å². The molecule has 0 aliphatic heterocycles. The van der Waals surface area contributed by atoms with E-state index in [0.717, 1.165) is 12.0 Å². The molecule has 0 amide bonds. The van der Waals surface area contributed by atoms with Crippen molar-refractivity contribution in [3.63, 3.8) is 0 Å². The van der Waals surface area contributed by atoms with Crippen molar-refractivity contribution in [2.45, 2.75) is 51.1 Å². The summed E-state index contributed by atoms with van der Waals surface area (Å²) in [5.74, 6) is 0.952. The lowest BCUT2D eigenvalue weighted by Gasteiger charge is -2.37. The van der Waals surface area contributed by atoms with Crippen LogP contribution < -0.4 is 5.32 Å². The molecule has 1 aromatic heterocycles. The molecule has 3 rings (SSSR count). The van der Waals surface area contributed by atoms with Crippen LogP contribution in [-0.2, 0) is 6.42 Å². The molecule has 1 atom stereocenters. The Morgan fingerprint density at radius 2 is 2.27 bits per heavy atom. The molecule has 1 nitrogen and oxygen atoms in total. The molecule has 0 saturated heterocycles. The van der Waals surface area contributed by atoms with E-state index in [1.165, 1.54) is 32.1 Å². The van der Waals surface area contributed by atoms with Crippen LogP contribution >= 0.6 is 11.3 Å². The second kappa shape index (κ2) is 3.91. The predicted molar refractivity (Wildman–Crippen MR) is 65.3 cm³/mol. The Morgan fingerprint density at radius 1 is 1.40 bits per heavy atom. The zero-order valence-corrected chi connectivity index (χ0v) is 10.1. The normalized spacial score (nSPS) is 34.6. The molecule has 1 fully saturated rings. The van der Waals surface area contributed by atoms with Gasteiger partial charge in [0.25, 0.3) is 0 Å². The lowest BCUT2D eigenvalue weighted by atomic mass is 9.80. The summed E-state index contributed by atoms with van der Waals surface area (Å²) >= 11 is 1.94. The summed E-state index contributed by atoms with van der Waals surface area (Å²) in [6, 6.07) is 3.80. The monoisotopic (exact) mass is 221 g/mol. The topological polar surface area (TPSA) is 12.0 Å². The second-order valence-corrected chi connectivity index (χ2v) is 6.18. The molecule has 1 N–H and O–H groups in total. The largest absolute Gasteiger partial charge is 0.307 e. The zero-order chi connectivity index (χ0) is 10.3. The third kappa shape index (κ3) is 1.85. The van der Waals surface area contributed by atoms with Crippen LogP contribution in [-0.4, -0.2) is 6.04 Å². The Bertz CT molecular complexity index is 338. The maximum atomic E-state index is 3.83. The maximum Gasteiger partial charge on any atom is 0.0333 e. The fraction of sp³-hybridized carbons (Fsp3) is 0.692. The molecule has 82 valence electrons. The third-order valence-electron chi connectivity index (χ3n) is 3.86. The highest BCUT2D eigenvalue weighted by Crippen LogP contribution is 2.36. The minimum atomic E-state index is 0.664. The number of hydrogen-bond acceptors (Lipinski definition) is 2. The number of rotatable bonds is 2. The fourth-order valence-electron chi connectivity index (χ4n) is 2.98. The van der Waals surface area contributed by atoms with Crippen LogP contribution in [0.4, 0.5) is 0 Å². The Labute approximate surface area is 95.9 Å². The van der Waals surface area contributed by atoms with Gasteiger partial charge in [0, 0.05) is 17.0 Å². The molecule has 0 radical (unpaired) electrons. The molecule has 2 aliphatic carbocycles. The standard InChI is InChI=1S/C13H19NS/c1-9-7-10(8-9)14-12-3-2-4-13-11(12)5-6-15-13/h5-6,9-10,12,14H,2-4,7-8H2,1H3. The van der Waals surface area contributed by atoms with E-state index in [0.29, 0.717) is 6.04 Å². The fourth-order valence-corrected chi connectivity index (χ4v) is 3.97. The van der Waals surface area contributed by atoms with E-state index in [1.54, 1.807) is 10.4 Å². The average molecular weight is 221 g/mol. The Kier molecular flexibility index (Phi) is 2.57. The summed E-state index contributed by atoms with van der Waals surface area (Å²) in [6.45, 7) is 2.36. The van der Waals surface area contributed by atoms with Crippen LogP contribution in [0.25, 0.3) is 0 Å². The van der Waals surface area contributed by atoms with Crippen LogP contribution in [0.1, 0.15) is 49.1 Å². The van der Waals surface area contributed by atoms with E-state index in [2.05, 4.69) is 23.7 Å². The highest BCUT2D eigenvalue weighted by molar-refractivity contribution is 7.10. The lowest BCUT2D eigenvalue weighted by Crippen LogP contribution is -2.42. The van der Waals surface area contributed by atoms with Crippen molar-refractivity contribution in [3.05, 3.63) is 21.9 Å². The Balaban J connectivity index is 1.68. The molecule has 2 aliphatic rings. The van der Waals surface area contributed by atoms with Gasteiger partial charge in [0.2, 0.25) is 0 Å². The van der Waals surface area contributed by atoms with Crippen molar-refractivity contribution in [1.82, 2.24) is 5.32 Å². The minimum absolute atomic E-state index is 0.664. The minimum Gasteiger partial charge on any atom is -0.307 e. The van der Waals surface area contributed by atoms with Crippen LogP contribution in [0.15, 0.2) is 11.4 Å². The zero-order valence-electron chi connectivity index (χ0n) is 9.33.